The van der Waals surface area contributed by atoms with Crippen molar-refractivity contribution in [3.8, 4) is 5.88 Å². The number of benzene rings is 1. The zero-order chi connectivity index (χ0) is 23.3. The number of aromatic nitrogens is 2. The number of carbonyl (C=O) groups is 1. The van der Waals surface area contributed by atoms with E-state index in [4.69, 9.17) is 25.1 Å². The van der Waals surface area contributed by atoms with Crippen LogP contribution in [-0.2, 0) is 35.3 Å². The van der Waals surface area contributed by atoms with Crippen molar-refractivity contribution in [3.05, 3.63) is 34.5 Å². The molecular formula is C22H33N5O4S. The highest BCUT2D eigenvalue weighted by atomic mass is 32.2. The topological polar surface area (TPSA) is 152 Å². The Labute approximate surface area is 192 Å². The predicted molar refractivity (Wildman–Crippen MR) is 124 cm³/mol. The summed E-state index contributed by atoms with van der Waals surface area (Å²) in [6.45, 7) is 5.32. The molecule has 0 radical (unpaired) electrons. The Bertz CT molecular complexity index is 934. The molecule has 0 saturated heterocycles. The van der Waals surface area contributed by atoms with Crippen LogP contribution in [0.2, 0.25) is 0 Å². The van der Waals surface area contributed by atoms with E-state index in [2.05, 4.69) is 16.9 Å². The lowest BCUT2D eigenvalue weighted by atomic mass is 9.99. The maximum atomic E-state index is 9.78. The van der Waals surface area contributed by atoms with Gasteiger partial charge in [-0.15, -0.1) is 0 Å². The Hall–Kier alpha value is -2.27. The van der Waals surface area contributed by atoms with Gasteiger partial charge in [-0.3, -0.25) is 9.93 Å². The number of nitrogens with zero attached hydrogens (tertiary/aromatic N) is 2. The average molecular weight is 464 g/mol. The third-order valence-electron chi connectivity index (χ3n) is 5.75. The number of amides is 1. The summed E-state index contributed by atoms with van der Waals surface area (Å²) >= 11 is 1.16. The SMILES string of the molecule is CC(C)OC1COc2c(SN)cnn2C1.NC=O.Nc1c2c(cc3c1CCC3O)CCC2. The van der Waals surface area contributed by atoms with Crippen LogP contribution in [0.1, 0.15) is 55.0 Å². The number of aliphatic hydroxyl groups is 1. The molecule has 32 heavy (non-hydrogen) atoms. The third kappa shape index (κ3) is 5.37. The zero-order valence-corrected chi connectivity index (χ0v) is 19.4. The van der Waals surface area contributed by atoms with Crippen molar-refractivity contribution in [2.24, 2.45) is 10.9 Å². The maximum Gasteiger partial charge on any atom is 0.227 e. The summed E-state index contributed by atoms with van der Waals surface area (Å²) in [6, 6.07) is 2.19. The molecule has 1 aromatic carbocycles. The number of anilines is 1. The summed E-state index contributed by atoms with van der Waals surface area (Å²) in [4.78, 5) is 9.46. The van der Waals surface area contributed by atoms with Gasteiger partial charge < -0.3 is 26.0 Å². The fraction of sp³-hybridized carbons (Fsp3) is 0.545. The van der Waals surface area contributed by atoms with Gasteiger partial charge in [0.25, 0.3) is 0 Å². The van der Waals surface area contributed by atoms with Crippen molar-refractivity contribution in [2.75, 3.05) is 12.3 Å². The van der Waals surface area contributed by atoms with Crippen LogP contribution in [-0.4, -0.2) is 40.1 Å². The fourth-order valence-electron chi connectivity index (χ4n) is 4.46. The van der Waals surface area contributed by atoms with Crippen molar-refractivity contribution < 1.29 is 19.4 Å². The number of carbonyl (C=O) groups excluding carboxylic acids is 1. The van der Waals surface area contributed by atoms with E-state index in [1.807, 2.05) is 13.8 Å². The summed E-state index contributed by atoms with van der Waals surface area (Å²) in [5.74, 6) is 0.756. The van der Waals surface area contributed by atoms with Crippen molar-refractivity contribution in [1.82, 2.24) is 9.78 Å². The number of ether oxygens (including phenoxy) is 2. The van der Waals surface area contributed by atoms with Crippen molar-refractivity contribution >= 4 is 24.0 Å². The second-order valence-corrected chi connectivity index (χ2v) is 8.95. The molecule has 1 aliphatic heterocycles. The number of primary amides is 1. The number of nitrogen functional groups attached to an aromatic ring is 1. The molecule has 0 spiro atoms. The second kappa shape index (κ2) is 11.0. The highest BCUT2D eigenvalue weighted by Gasteiger charge is 2.27. The Balaban J connectivity index is 0.000000161. The molecule has 0 fully saturated rings. The molecule has 0 saturated carbocycles. The molecule has 2 atom stereocenters. The van der Waals surface area contributed by atoms with E-state index >= 15 is 0 Å². The lowest BCUT2D eigenvalue weighted by molar-refractivity contribution is -0.106. The van der Waals surface area contributed by atoms with Crippen LogP contribution in [0.5, 0.6) is 5.88 Å². The van der Waals surface area contributed by atoms with Crippen molar-refractivity contribution in [2.45, 2.75) is 75.7 Å². The number of hydrogen-bond donors (Lipinski definition) is 4. The lowest BCUT2D eigenvalue weighted by Gasteiger charge is -2.26. The number of nitrogens with two attached hydrogens (primary N) is 3. The molecular weight excluding hydrogens is 430 g/mol. The number of fused-ring (bicyclic) bond motifs is 3. The minimum Gasteiger partial charge on any atom is -0.474 e. The van der Waals surface area contributed by atoms with Crippen LogP contribution in [0.3, 0.4) is 0 Å². The van der Waals surface area contributed by atoms with Crippen LogP contribution < -0.4 is 21.3 Å². The third-order valence-corrected chi connectivity index (χ3v) is 6.28. The molecule has 5 rings (SSSR count). The van der Waals surface area contributed by atoms with Crippen molar-refractivity contribution in [1.29, 1.82) is 0 Å². The van der Waals surface area contributed by atoms with Crippen LogP contribution in [0, 0.1) is 0 Å². The van der Waals surface area contributed by atoms with Gasteiger partial charge in [-0.05, 0) is 80.2 Å². The van der Waals surface area contributed by atoms with Gasteiger partial charge in [-0.2, -0.15) is 5.10 Å². The quantitative estimate of drug-likeness (QED) is 0.306. The van der Waals surface area contributed by atoms with E-state index in [0.717, 1.165) is 66.2 Å². The number of aliphatic hydroxyl groups excluding tert-OH is 1. The lowest BCUT2D eigenvalue weighted by Crippen LogP contribution is -2.34. The maximum absolute atomic E-state index is 9.78. The van der Waals surface area contributed by atoms with Gasteiger partial charge in [0, 0.05) is 5.69 Å². The molecule has 2 heterocycles. The summed E-state index contributed by atoms with van der Waals surface area (Å²) in [6.07, 6.45) is 7.28. The number of rotatable bonds is 3. The van der Waals surface area contributed by atoms with Crippen molar-refractivity contribution in [3.63, 3.8) is 0 Å². The highest BCUT2D eigenvalue weighted by molar-refractivity contribution is 7.97. The Morgan fingerprint density at radius 3 is 2.78 bits per heavy atom. The van der Waals surface area contributed by atoms with E-state index in [1.54, 1.807) is 10.9 Å². The standard InChI is InChI=1S/C12H15NO.C9H15N3O2S.CH3NO/c13-12-8-3-1-2-7(8)6-10-9(12)4-5-11(10)14;1-6(2)14-7-4-12-9(13-5-7)8(15-10)3-11-12;2-1-3/h6,11,14H,1-5,13H2;3,6-7H,4-5,10H2,1-2H3;1H,(H2,2,3). The Morgan fingerprint density at radius 1 is 1.34 bits per heavy atom. The van der Waals surface area contributed by atoms with Gasteiger partial charge in [0.15, 0.2) is 0 Å². The largest absolute Gasteiger partial charge is 0.474 e. The highest BCUT2D eigenvalue weighted by Crippen LogP contribution is 2.40. The van der Waals surface area contributed by atoms with Gasteiger partial charge in [0.2, 0.25) is 12.3 Å². The van der Waals surface area contributed by atoms with Gasteiger partial charge in [-0.1, -0.05) is 6.07 Å². The zero-order valence-electron chi connectivity index (χ0n) is 18.6. The molecule has 0 bridgehead atoms. The van der Waals surface area contributed by atoms with Crippen LogP contribution >= 0.6 is 11.9 Å². The molecule has 3 aliphatic rings. The molecule has 1 amide bonds. The fourth-order valence-corrected chi connectivity index (χ4v) is 4.83. The molecule has 2 aliphatic carbocycles. The Kier molecular flexibility index (Phi) is 8.41. The van der Waals surface area contributed by atoms with E-state index in [1.165, 1.54) is 23.1 Å². The summed E-state index contributed by atoms with van der Waals surface area (Å²) in [5, 5.41) is 19.5. The number of hydrogen-bond acceptors (Lipinski definition) is 8. The second-order valence-electron chi connectivity index (χ2n) is 8.27. The number of aryl methyl sites for hydroxylation is 1. The van der Waals surface area contributed by atoms with Gasteiger partial charge in [-0.25, -0.2) is 4.68 Å². The minimum absolute atomic E-state index is 0.0769. The van der Waals surface area contributed by atoms with E-state index in [-0.39, 0.29) is 24.7 Å². The molecule has 2 unspecified atom stereocenters. The normalized spacial score (nSPS) is 20.2. The minimum atomic E-state index is -0.266. The monoisotopic (exact) mass is 463 g/mol. The average Bonchev–Trinajstić information content (AvgIpc) is 3.48. The smallest absolute Gasteiger partial charge is 0.227 e. The first kappa shape index (κ1) is 24.4. The molecule has 176 valence electrons. The van der Waals surface area contributed by atoms with E-state index in [9.17, 15) is 5.11 Å². The van der Waals surface area contributed by atoms with Gasteiger partial charge in [0.1, 0.15) is 17.6 Å². The Morgan fingerprint density at radius 2 is 2.09 bits per heavy atom. The van der Waals surface area contributed by atoms with E-state index < -0.39 is 0 Å². The predicted octanol–water partition coefficient (Wildman–Crippen LogP) is 1.87. The molecule has 1 aromatic heterocycles. The summed E-state index contributed by atoms with van der Waals surface area (Å²) < 4.78 is 13.0. The summed E-state index contributed by atoms with van der Waals surface area (Å²) in [5.41, 5.74) is 16.3. The molecule has 7 N–H and O–H groups in total. The molecule has 10 heteroatoms. The molecule has 9 nitrogen and oxygen atoms in total. The molecule has 2 aromatic rings. The first-order valence-corrected chi connectivity index (χ1v) is 11.7. The van der Waals surface area contributed by atoms with Crippen LogP contribution in [0.15, 0.2) is 17.2 Å². The van der Waals surface area contributed by atoms with Gasteiger partial charge in [0.05, 0.1) is 24.9 Å². The van der Waals surface area contributed by atoms with Crippen LogP contribution in [0.25, 0.3) is 0 Å². The first-order chi connectivity index (χ1) is 15.4. The first-order valence-electron chi connectivity index (χ1n) is 10.9. The summed E-state index contributed by atoms with van der Waals surface area (Å²) in [7, 11) is 0. The van der Waals surface area contributed by atoms with Crippen LogP contribution in [0.4, 0.5) is 5.69 Å². The van der Waals surface area contributed by atoms with E-state index in [0.29, 0.717) is 6.61 Å². The van der Waals surface area contributed by atoms with Gasteiger partial charge >= 0.3 is 0 Å².